The number of carbonyl (C=O) groups excluding carboxylic acids is 1. The van der Waals surface area contributed by atoms with Crippen LogP contribution in [0, 0.1) is 6.92 Å². The van der Waals surface area contributed by atoms with Crippen LogP contribution in [0.1, 0.15) is 48.4 Å². The van der Waals surface area contributed by atoms with Crippen LogP contribution in [0.5, 0.6) is 0 Å². The Morgan fingerprint density at radius 3 is 2.87 bits per heavy atom. The van der Waals surface area contributed by atoms with Gasteiger partial charge in [-0.2, -0.15) is 0 Å². The molecule has 1 heterocycles. The second-order valence-corrected chi connectivity index (χ2v) is 3.77. The minimum Gasteiger partial charge on any atom is -0.461 e. The van der Waals surface area contributed by atoms with E-state index in [1.807, 2.05) is 11.6 Å². The Kier molecular flexibility index (Phi) is 2.70. The van der Waals surface area contributed by atoms with Gasteiger partial charge in [0.05, 0.1) is 18.3 Å². The molecule has 1 aromatic rings. The van der Waals surface area contributed by atoms with Gasteiger partial charge in [0.1, 0.15) is 0 Å². The molecule has 5 heteroatoms. The summed E-state index contributed by atoms with van der Waals surface area (Å²) in [4.78, 5) is 11.5. The van der Waals surface area contributed by atoms with E-state index in [0.717, 1.165) is 18.5 Å². The minimum absolute atomic E-state index is 0.351. The van der Waals surface area contributed by atoms with Crippen LogP contribution in [0.4, 0.5) is 0 Å². The van der Waals surface area contributed by atoms with Gasteiger partial charge < -0.3 is 4.74 Å². The number of nitrogens with zero attached hydrogens (tertiary/aromatic N) is 3. The lowest BCUT2D eigenvalue weighted by Gasteiger charge is -2.26. The molecule has 0 unspecified atom stereocenters. The molecule has 1 saturated carbocycles. The maximum Gasteiger partial charge on any atom is 0.360 e. The van der Waals surface area contributed by atoms with Gasteiger partial charge in [-0.3, -0.25) is 0 Å². The van der Waals surface area contributed by atoms with Gasteiger partial charge in [-0.15, -0.1) is 5.10 Å². The summed E-state index contributed by atoms with van der Waals surface area (Å²) in [6.45, 7) is 4.02. The van der Waals surface area contributed by atoms with Gasteiger partial charge in [-0.1, -0.05) is 5.21 Å². The van der Waals surface area contributed by atoms with Gasteiger partial charge in [0.25, 0.3) is 0 Å². The van der Waals surface area contributed by atoms with Crippen molar-refractivity contribution in [1.29, 1.82) is 0 Å². The Hall–Kier alpha value is -1.39. The molecule has 15 heavy (non-hydrogen) atoms. The lowest BCUT2D eigenvalue weighted by Crippen LogP contribution is -2.19. The van der Waals surface area contributed by atoms with Crippen molar-refractivity contribution in [3.05, 3.63) is 11.4 Å². The highest BCUT2D eigenvalue weighted by Gasteiger charge is 2.25. The van der Waals surface area contributed by atoms with Crippen molar-refractivity contribution in [2.75, 3.05) is 6.61 Å². The van der Waals surface area contributed by atoms with E-state index in [1.165, 1.54) is 6.42 Å². The van der Waals surface area contributed by atoms with Crippen LogP contribution in [-0.4, -0.2) is 27.6 Å². The summed E-state index contributed by atoms with van der Waals surface area (Å²) < 4.78 is 6.74. The van der Waals surface area contributed by atoms with Crippen LogP contribution in [0.2, 0.25) is 0 Å². The number of carbonyl (C=O) groups is 1. The van der Waals surface area contributed by atoms with Gasteiger partial charge in [-0.25, -0.2) is 9.48 Å². The first-order valence-corrected chi connectivity index (χ1v) is 5.33. The van der Waals surface area contributed by atoms with Gasteiger partial charge in [0.2, 0.25) is 0 Å². The standard InChI is InChI=1S/C10H15N3O2/c1-3-15-10(14)9-7(2)13(12-11-9)8-5-4-6-8/h8H,3-6H2,1-2H3. The predicted octanol–water partition coefficient (Wildman–Crippen LogP) is 1.49. The maximum absolute atomic E-state index is 11.5. The van der Waals surface area contributed by atoms with E-state index >= 15 is 0 Å². The van der Waals surface area contributed by atoms with Crippen LogP contribution in [0.15, 0.2) is 0 Å². The summed E-state index contributed by atoms with van der Waals surface area (Å²) in [6.07, 6.45) is 3.50. The molecule has 1 fully saturated rings. The summed E-state index contributed by atoms with van der Waals surface area (Å²) in [5.41, 5.74) is 1.17. The number of rotatable bonds is 3. The highest BCUT2D eigenvalue weighted by atomic mass is 16.5. The molecule has 0 aromatic carbocycles. The Balaban J connectivity index is 2.19. The van der Waals surface area contributed by atoms with E-state index in [1.54, 1.807) is 6.92 Å². The molecule has 1 aromatic heterocycles. The zero-order chi connectivity index (χ0) is 10.8. The highest BCUT2D eigenvalue weighted by Crippen LogP contribution is 2.31. The Morgan fingerprint density at radius 2 is 2.33 bits per heavy atom. The monoisotopic (exact) mass is 209 g/mol. The number of aromatic nitrogens is 3. The third-order valence-electron chi connectivity index (χ3n) is 2.82. The SMILES string of the molecule is CCOC(=O)c1nnn(C2CCC2)c1C. The molecule has 0 saturated heterocycles. The molecule has 0 amide bonds. The predicted molar refractivity (Wildman–Crippen MR) is 53.6 cm³/mol. The van der Waals surface area contributed by atoms with Crippen LogP contribution in [-0.2, 0) is 4.74 Å². The molecule has 0 N–H and O–H groups in total. The lowest BCUT2D eigenvalue weighted by atomic mass is 9.93. The molecular weight excluding hydrogens is 194 g/mol. The fourth-order valence-corrected chi connectivity index (χ4v) is 1.71. The van der Waals surface area contributed by atoms with Crippen molar-refractivity contribution in [3.8, 4) is 0 Å². The van der Waals surface area contributed by atoms with Crippen LogP contribution < -0.4 is 0 Å². The molecule has 0 bridgehead atoms. The van der Waals surface area contributed by atoms with E-state index in [9.17, 15) is 4.79 Å². The van der Waals surface area contributed by atoms with E-state index in [4.69, 9.17) is 4.74 Å². The van der Waals surface area contributed by atoms with Gasteiger partial charge in [0.15, 0.2) is 5.69 Å². The quantitative estimate of drug-likeness (QED) is 0.708. The smallest absolute Gasteiger partial charge is 0.360 e. The van der Waals surface area contributed by atoms with Crippen molar-refractivity contribution < 1.29 is 9.53 Å². The molecule has 0 radical (unpaired) electrons. The average molecular weight is 209 g/mol. The second-order valence-electron chi connectivity index (χ2n) is 3.77. The molecule has 0 spiro atoms. The summed E-state index contributed by atoms with van der Waals surface area (Å²) in [5.74, 6) is -0.374. The Labute approximate surface area is 88.4 Å². The number of esters is 1. The molecule has 1 aliphatic rings. The molecule has 0 aliphatic heterocycles. The van der Waals surface area contributed by atoms with Crippen LogP contribution in [0.25, 0.3) is 0 Å². The number of hydrogen-bond acceptors (Lipinski definition) is 4. The molecule has 5 nitrogen and oxygen atoms in total. The van der Waals surface area contributed by atoms with Gasteiger partial charge in [-0.05, 0) is 33.1 Å². The summed E-state index contributed by atoms with van der Waals surface area (Å²) >= 11 is 0. The van der Waals surface area contributed by atoms with Crippen molar-refractivity contribution in [2.24, 2.45) is 0 Å². The molecule has 2 rings (SSSR count). The van der Waals surface area contributed by atoms with Crippen LogP contribution in [0.3, 0.4) is 0 Å². The zero-order valence-corrected chi connectivity index (χ0v) is 9.06. The molecule has 0 atom stereocenters. The Morgan fingerprint density at radius 1 is 1.60 bits per heavy atom. The lowest BCUT2D eigenvalue weighted by molar-refractivity contribution is 0.0518. The molecule has 82 valence electrons. The molecule has 1 aliphatic carbocycles. The number of hydrogen-bond donors (Lipinski definition) is 0. The van der Waals surface area contributed by atoms with Crippen molar-refractivity contribution in [2.45, 2.75) is 39.2 Å². The zero-order valence-electron chi connectivity index (χ0n) is 9.06. The first-order valence-electron chi connectivity index (χ1n) is 5.33. The maximum atomic E-state index is 11.5. The fourth-order valence-electron chi connectivity index (χ4n) is 1.71. The van der Waals surface area contributed by atoms with Crippen LogP contribution >= 0.6 is 0 Å². The topological polar surface area (TPSA) is 57.0 Å². The summed E-state index contributed by atoms with van der Waals surface area (Å²) in [5, 5.41) is 7.88. The van der Waals surface area contributed by atoms with E-state index in [0.29, 0.717) is 18.3 Å². The van der Waals surface area contributed by atoms with Gasteiger partial charge in [0, 0.05) is 0 Å². The third kappa shape index (κ3) is 1.73. The minimum atomic E-state index is -0.374. The van der Waals surface area contributed by atoms with Crippen molar-refractivity contribution in [3.63, 3.8) is 0 Å². The van der Waals surface area contributed by atoms with E-state index in [-0.39, 0.29) is 5.97 Å². The summed E-state index contributed by atoms with van der Waals surface area (Å²) in [6, 6.07) is 0.431. The Bertz CT molecular complexity index is 369. The van der Waals surface area contributed by atoms with E-state index < -0.39 is 0 Å². The van der Waals surface area contributed by atoms with Gasteiger partial charge >= 0.3 is 5.97 Å². The molecular formula is C10H15N3O2. The number of ether oxygens (including phenoxy) is 1. The van der Waals surface area contributed by atoms with E-state index in [2.05, 4.69) is 10.3 Å². The second kappa shape index (κ2) is 4.00. The van der Waals surface area contributed by atoms with Crippen molar-refractivity contribution in [1.82, 2.24) is 15.0 Å². The average Bonchev–Trinajstić information content (AvgIpc) is 2.46. The third-order valence-corrected chi connectivity index (χ3v) is 2.82. The first kappa shape index (κ1) is 10.1. The fraction of sp³-hybridized carbons (Fsp3) is 0.700. The highest BCUT2D eigenvalue weighted by molar-refractivity contribution is 5.88. The van der Waals surface area contributed by atoms with Crippen molar-refractivity contribution >= 4 is 5.97 Å². The first-order chi connectivity index (χ1) is 7.24. The normalized spacial score (nSPS) is 16.1. The largest absolute Gasteiger partial charge is 0.461 e. The summed E-state index contributed by atoms with van der Waals surface area (Å²) in [7, 11) is 0.